The van der Waals surface area contributed by atoms with Crippen molar-refractivity contribution in [3.63, 3.8) is 0 Å². The van der Waals surface area contributed by atoms with Gasteiger partial charge in [0.2, 0.25) is 5.91 Å². The number of aryl methyl sites for hydroxylation is 1. The largest absolute Gasteiger partial charge is 0.330 e. The molecular formula is C18H23ClN4O. The molecule has 0 bridgehead atoms. The van der Waals surface area contributed by atoms with E-state index in [0.717, 1.165) is 36.2 Å². The van der Waals surface area contributed by atoms with Crippen molar-refractivity contribution in [1.29, 1.82) is 0 Å². The first-order chi connectivity index (χ1) is 11.2. The van der Waals surface area contributed by atoms with Gasteiger partial charge in [0.05, 0.1) is 0 Å². The lowest BCUT2D eigenvalue weighted by atomic mass is 9.95. The molecule has 0 saturated heterocycles. The second-order valence-corrected chi connectivity index (χ2v) is 6.12. The first kappa shape index (κ1) is 18.4. The summed E-state index contributed by atoms with van der Waals surface area (Å²) in [7, 11) is 0. The molecule has 0 unspecified atom stereocenters. The first-order valence-corrected chi connectivity index (χ1v) is 8.08. The Hall–Kier alpha value is -1.98. The zero-order chi connectivity index (χ0) is 16.2. The van der Waals surface area contributed by atoms with E-state index in [1.807, 2.05) is 37.3 Å². The van der Waals surface area contributed by atoms with Gasteiger partial charge in [-0.05, 0) is 62.6 Å². The molecule has 24 heavy (non-hydrogen) atoms. The molecule has 1 aromatic carbocycles. The number of halogens is 1. The second-order valence-electron chi connectivity index (χ2n) is 6.12. The molecule has 3 N–H and O–H groups in total. The number of amides is 1. The Morgan fingerprint density at radius 1 is 1.25 bits per heavy atom. The van der Waals surface area contributed by atoms with Crippen LogP contribution in [0.25, 0.3) is 11.4 Å². The van der Waals surface area contributed by atoms with Crippen LogP contribution in [0.1, 0.15) is 25.0 Å². The Morgan fingerprint density at radius 3 is 2.67 bits per heavy atom. The number of carbonyl (C=O) groups excluding carboxylic acids is 1. The molecule has 1 fully saturated rings. The molecule has 1 heterocycles. The van der Waals surface area contributed by atoms with E-state index < -0.39 is 0 Å². The number of nitrogens with zero attached hydrogens (tertiary/aromatic N) is 2. The van der Waals surface area contributed by atoms with E-state index in [1.54, 1.807) is 6.20 Å². The summed E-state index contributed by atoms with van der Waals surface area (Å²) in [5.41, 5.74) is 8.43. The average molecular weight is 347 g/mol. The van der Waals surface area contributed by atoms with Crippen molar-refractivity contribution in [3.05, 3.63) is 42.2 Å². The van der Waals surface area contributed by atoms with Gasteiger partial charge in [-0.1, -0.05) is 6.42 Å². The number of hydrogen-bond donors (Lipinski definition) is 2. The standard InChI is InChI=1S/C18H22N4O.ClH/c1-12-9-10-20-17(21-12)13-5-7-15(8-6-13)22-18(23)16-4-2-3-14(16)11-19;/h5-10,14,16H,2-4,11,19H2,1H3,(H,22,23);1H/t14-,16-;/m1./s1. The molecule has 6 heteroatoms. The van der Waals surface area contributed by atoms with E-state index in [4.69, 9.17) is 5.73 Å². The van der Waals surface area contributed by atoms with Gasteiger partial charge in [-0.25, -0.2) is 9.97 Å². The minimum absolute atomic E-state index is 0. The molecule has 2 atom stereocenters. The molecule has 2 aromatic rings. The highest BCUT2D eigenvalue weighted by atomic mass is 35.5. The van der Waals surface area contributed by atoms with Crippen LogP contribution in [-0.4, -0.2) is 22.4 Å². The number of rotatable bonds is 4. The zero-order valence-corrected chi connectivity index (χ0v) is 14.6. The summed E-state index contributed by atoms with van der Waals surface area (Å²) in [5, 5.41) is 3.00. The van der Waals surface area contributed by atoms with Crippen molar-refractivity contribution >= 4 is 24.0 Å². The van der Waals surface area contributed by atoms with E-state index in [2.05, 4.69) is 15.3 Å². The van der Waals surface area contributed by atoms with E-state index in [0.29, 0.717) is 18.3 Å². The van der Waals surface area contributed by atoms with Crippen LogP contribution in [0.5, 0.6) is 0 Å². The third-order valence-electron chi connectivity index (χ3n) is 4.50. The fraction of sp³-hybridized carbons (Fsp3) is 0.389. The Morgan fingerprint density at radius 2 is 2.00 bits per heavy atom. The summed E-state index contributed by atoms with van der Waals surface area (Å²) >= 11 is 0. The summed E-state index contributed by atoms with van der Waals surface area (Å²) in [6.45, 7) is 2.52. The summed E-state index contributed by atoms with van der Waals surface area (Å²) in [4.78, 5) is 21.1. The van der Waals surface area contributed by atoms with Gasteiger partial charge in [0, 0.05) is 29.1 Å². The van der Waals surface area contributed by atoms with Crippen molar-refractivity contribution in [2.45, 2.75) is 26.2 Å². The predicted molar refractivity (Wildman–Crippen MR) is 98.0 cm³/mol. The van der Waals surface area contributed by atoms with Crippen LogP contribution in [0.4, 0.5) is 5.69 Å². The highest BCUT2D eigenvalue weighted by molar-refractivity contribution is 5.93. The maximum atomic E-state index is 12.4. The quantitative estimate of drug-likeness (QED) is 0.890. The third-order valence-corrected chi connectivity index (χ3v) is 4.50. The maximum absolute atomic E-state index is 12.4. The van der Waals surface area contributed by atoms with Crippen LogP contribution in [0.15, 0.2) is 36.5 Å². The van der Waals surface area contributed by atoms with Crippen LogP contribution in [0, 0.1) is 18.8 Å². The number of aromatic nitrogens is 2. The summed E-state index contributed by atoms with van der Waals surface area (Å²) in [6.07, 6.45) is 4.82. The minimum atomic E-state index is 0. The molecule has 1 saturated carbocycles. The highest BCUT2D eigenvalue weighted by Gasteiger charge is 2.31. The SMILES string of the molecule is Cc1ccnc(-c2ccc(NC(=O)[C@@H]3CCC[C@@H]3CN)cc2)n1.Cl. The lowest BCUT2D eigenvalue weighted by Crippen LogP contribution is -2.29. The van der Waals surface area contributed by atoms with Crippen molar-refractivity contribution in [2.75, 3.05) is 11.9 Å². The maximum Gasteiger partial charge on any atom is 0.227 e. The number of hydrogen-bond acceptors (Lipinski definition) is 4. The van der Waals surface area contributed by atoms with Gasteiger partial charge in [0.1, 0.15) is 0 Å². The number of anilines is 1. The fourth-order valence-corrected chi connectivity index (χ4v) is 3.19. The second kappa shape index (κ2) is 8.22. The first-order valence-electron chi connectivity index (χ1n) is 8.08. The normalized spacial score (nSPS) is 19.6. The Kier molecular flexibility index (Phi) is 6.29. The molecule has 0 spiro atoms. The molecule has 1 amide bonds. The van der Waals surface area contributed by atoms with Crippen LogP contribution in [0.3, 0.4) is 0 Å². The average Bonchev–Trinajstić information content (AvgIpc) is 3.04. The van der Waals surface area contributed by atoms with Crippen LogP contribution in [-0.2, 0) is 4.79 Å². The number of carbonyl (C=O) groups is 1. The predicted octanol–water partition coefficient (Wildman–Crippen LogP) is 3.19. The van der Waals surface area contributed by atoms with E-state index >= 15 is 0 Å². The molecule has 0 aliphatic heterocycles. The molecule has 1 aliphatic rings. The molecule has 5 nitrogen and oxygen atoms in total. The van der Waals surface area contributed by atoms with Gasteiger partial charge in [-0.15, -0.1) is 12.4 Å². The number of nitrogens with one attached hydrogen (secondary N) is 1. The van der Waals surface area contributed by atoms with Crippen LogP contribution in [0.2, 0.25) is 0 Å². The van der Waals surface area contributed by atoms with Gasteiger partial charge >= 0.3 is 0 Å². The van der Waals surface area contributed by atoms with Crippen molar-refractivity contribution < 1.29 is 4.79 Å². The van der Waals surface area contributed by atoms with Crippen molar-refractivity contribution in [2.24, 2.45) is 17.6 Å². The number of nitrogens with two attached hydrogens (primary N) is 1. The molecule has 1 aromatic heterocycles. The zero-order valence-electron chi connectivity index (χ0n) is 13.7. The Labute approximate surface area is 148 Å². The van der Waals surface area contributed by atoms with Crippen LogP contribution >= 0.6 is 12.4 Å². The molecule has 0 radical (unpaired) electrons. The highest BCUT2D eigenvalue weighted by Crippen LogP contribution is 2.32. The topological polar surface area (TPSA) is 80.9 Å². The van der Waals surface area contributed by atoms with E-state index in [9.17, 15) is 4.79 Å². The Balaban J connectivity index is 0.00000208. The van der Waals surface area contributed by atoms with Gasteiger partial charge in [-0.2, -0.15) is 0 Å². The van der Waals surface area contributed by atoms with Gasteiger partial charge < -0.3 is 11.1 Å². The van der Waals surface area contributed by atoms with Crippen molar-refractivity contribution in [1.82, 2.24) is 9.97 Å². The number of benzene rings is 1. The van der Waals surface area contributed by atoms with Gasteiger partial charge in [-0.3, -0.25) is 4.79 Å². The summed E-state index contributed by atoms with van der Waals surface area (Å²) in [5.74, 6) is 1.13. The third kappa shape index (κ3) is 4.10. The van der Waals surface area contributed by atoms with E-state index in [-0.39, 0.29) is 24.2 Å². The molecular weight excluding hydrogens is 324 g/mol. The van der Waals surface area contributed by atoms with Gasteiger partial charge in [0.15, 0.2) is 5.82 Å². The van der Waals surface area contributed by atoms with E-state index in [1.165, 1.54) is 0 Å². The summed E-state index contributed by atoms with van der Waals surface area (Å²) < 4.78 is 0. The van der Waals surface area contributed by atoms with Gasteiger partial charge in [0.25, 0.3) is 0 Å². The lowest BCUT2D eigenvalue weighted by Gasteiger charge is -2.17. The van der Waals surface area contributed by atoms with Crippen LogP contribution < -0.4 is 11.1 Å². The fourth-order valence-electron chi connectivity index (χ4n) is 3.19. The lowest BCUT2D eigenvalue weighted by molar-refractivity contribution is -0.120. The molecule has 1 aliphatic carbocycles. The monoisotopic (exact) mass is 346 g/mol. The minimum Gasteiger partial charge on any atom is -0.330 e. The Bertz CT molecular complexity index is 690. The van der Waals surface area contributed by atoms with Crippen molar-refractivity contribution in [3.8, 4) is 11.4 Å². The smallest absolute Gasteiger partial charge is 0.227 e. The molecule has 3 rings (SSSR count). The molecule has 128 valence electrons. The summed E-state index contributed by atoms with van der Waals surface area (Å²) in [6, 6.07) is 9.52.